The molecule has 0 unspecified atom stereocenters. The normalized spacial score (nSPS) is 11.3. The second-order valence-electron chi connectivity index (χ2n) is 5.62. The Hall–Kier alpha value is -3.06. The molecule has 0 amide bonds. The number of hydrogen-bond acceptors (Lipinski definition) is 5. The summed E-state index contributed by atoms with van der Waals surface area (Å²) >= 11 is 0. The molecular formula is C18H15FN4O2. The fraction of sp³-hybridized carbons (Fsp3) is 0.167. The van der Waals surface area contributed by atoms with Gasteiger partial charge in [0.25, 0.3) is 0 Å². The van der Waals surface area contributed by atoms with Crippen molar-refractivity contribution in [1.29, 1.82) is 0 Å². The maximum atomic E-state index is 13.9. The predicted octanol–water partition coefficient (Wildman–Crippen LogP) is 2.79. The van der Waals surface area contributed by atoms with Gasteiger partial charge in [-0.15, -0.1) is 0 Å². The van der Waals surface area contributed by atoms with Crippen molar-refractivity contribution in [3.63, 3.8) is 0 Å². The molecule has 25 heavy (non-hydrogen) atoms. The summed E-state index contributed by atoms with van der Waals surface area (Å²) in [5.41, 5.74) is 3.37. The molecule has 0 saturated carbocycles. The van der Waals surface area contributed by atoms with Crippen LogP contribution < -0.4 is 4.74 Å². The van der Waals surface area contributed by atoms with Gasteiger partial charge in [-0.05, 0) is 30.3 Å². The second-order valence-corrected chi connectivity index (χ2v) is 5.62. The molecule has 2 aromatic carbocycles. The fourth-order valence-corrected chi connectivity index (χ4v) is 2.76. The van der Waals surface area contributed by atoms with Gasteiger partial charge in [-0.1, -0.05) is 0 Å². The number of rotatable bonds is 4. The van der Waals surface area contributed by atoms with E-state index in [0.29, 0.717) is 23.3 Å². The average molecular weight is 338 g/mol. The molecule has 0 aliphatic heterocycles. The highest BCUT2D eigenvalue weighted by Gasteiger charge is 2.09. The Balaban J connectivity index is 1.81. The van der Waals surface area contributed by atoms with Crippen LogP contribution in [-0.4, -0.2) is 38.6 Å². The van der Waals surface area contributed by atoms with Crippen LogP contribution in [-0.2, 0) is 6.54 Å². The van der Waals surface area contributed by atoms with Crippen molar-refractivity contribution in [2.24, 2.45) is 0 Å². The lowest BCUT2D eigenvalue weighted by Gasteiger charge is -2.05. The molecule has 0 atom stereocenters. The Morgan fingerprint density at radius 3 is 2.80 bits per heavy atom. The lowest BCUT2D eigenvalue weighted by atomic mass is 10.1. The van der Waals surface area contributed by atoms with E-state index in [2.05, 4.69) is 15.1 Å². The number of benzene rings is 2. The van der Waals surface area contributed by atoms with Crippen LogP contribution >= 0.6 is 0 Å². The molecule has 6 nitrogen and oxygen atoms in total. The lowest BCUT2D eigenvalue weighted by molar-refractivity contribution is 0.270. The van der Waals surface area contributed by atoms with E-state index >= 15 is 0 Å². The number of fused-ring (bicyclic) bond motifs is 2. The van der Waals surface area contributed by atoms with E-state index in [0.717, 1.165) is 16.4 Å². The van der Waals surface area contributed by atoms with Gasteiger partial charge in [0.05, 0.1) is 48.7 Å². The summed E-state index contributed by atoms with van der Waals surface area (Å²) in [6.45, 7) is 0.458. The van der Waals surface area contributed by atoms with Crippen LogP contribution in [0.3, 0.4) is 0 Å². The zero-order valence-electron chi connectivity index (χ0n) is 13.5. The summed E-state index contributed by atoms with van der Waals surface area (Å²) in [5.74, 6) is -0.256. The van der Waals surface area contributed by atoms with Gasteiger partial charge >= 0.3 is 0 Å². The molecule has 4 aromatic rings. The third-order valence-electron chi connectivity index (χ3n) is 3.99. The highest BCUT2D eigenvalue weighted by atomic mass is 19.1. The number of aromatic nitrogens is 4. The molecule has 0 fully saturated rings. The highest BCUT2D eigenvalue weighted by Crippen LogP contribution is 2.26. The van der Waals surface area contributed by atoms with Crippen LogP contribution in [0.2, 0.25) is 0 Å². The van der Waals surface area contributed by atoms with Crippen molar-refractivity contribution in [1.82, 2.24) is 19.7 Å². The minimum absolute atomic E-state index is 0.0250. The monoisotopic (exact) mass is 338 g/mol. The first-order valence-corrected chi connectivity index (χ1v) is 7.76. The number of methoxy groups -OCH3 is 1. The van der Waals surface area contributed by atoms with Crippen molar-refractivity contribution in [2.45, 2.75) is 6.54 Å². The second kappa shape index (κ2) is 6.10. The molecule has 2 heterocycles. The van der Waals surface area contributed by atoms with Crippen molar-refractivity contribution in [3.8, 4) is 17.0 Å². The molecule has 7 heteroatoms. The molecule has 1 N–H and O–H groups in total. The van der Waals surface area contributed by atoms with E-state index in [9.17, 15) is 4.39 Å². The zero-order chi connectivity index (χ0) is 17.4. The van der Waals surface area contributed by atoms with Crippen LogP contribution in [0, 0.1) is 5.82 Å². The number of ether oxygens (including phenoxy) is 1. The van der Waals surface area contributed by atoms with Crippen LogP contribution in [0.25, 0.3) is 33.2 Å². The summed E-state index contributed by atoms with van der Waals surface area (Å²) in [6, 6.07) is 8.43. The largest absolute Gasteiger partial charge is 0.494 e. The molecule has 126 valence electrons. The van der Waals surface area contributed by atoms with E-state index in [1.807, 2.05) is 18.3 Å². The van der Waals surface area contributed by atoms with Crippen LogP contribution in [0.4, 0.5) is 4.39 Å². The van der Waals surface area contributed by atoms with Crippen LogP contribution in [0.5, 0.6) is 5.75 Å². The van der Waals surface area contributed by atoms with Gasteiger partial charge in [0.2, 0.25) is 0 Å². The van der Waals surface area contributed by atoms with E-state index in [-0.39, 0.29) is 12.4 Å². The number of hydrogen-bond donors (Lipinski definition) is 1. The number of aliphatic hydroxyl groups is 1. The minimum Gasteiger partial charge on any atom is -0.494 e. The molecule has 0 saturated heterocycles. The van der Waals surface area contributed by atoms with Gasteiger partial charge in [-0.25, -0.2) is 9.37 Å². The molecular weight excluding hydrogens is 323 g/mol. The molecule has 4 rings (SSSR count). The van der Waals surface area contributed by atoms with Gasteiger partial charge in [0.15, 0.2) is 11.6 Å². The van der Waals surface area contributed by atoms with Gasteiger partial charge in [-0.3, -0.25) is 9.67 Å². The van der Waals surface area contributed by atoms with Crippen molar-refractivity contribution in [3.05, 3.63) is 48.5 Å². The molecule has 2 aromatic heterocycles. The van der Waals surface area contributed by atoms with Gasteiger partial charge in [0.1, 0.15) is 0 Å². The van der Waals surface area contributed by atoms with E-state index in [1.54, 1.807) is 23.0 Å². The van der Waals surface area contributed by atoms with Gasteiger partial charge < -0.3 is 9.84 Å². The van der Waals surface area contributed by atoms with Crippen molar-refractivity contribution >= 4 is 21.9 Å². The SMILES string of the molecule is COc1ccc(-c2cnc3cc4cn(CCO)nc4cc3n2)cc1F. The molecule has 0 bridgehead atoms. The van der Waals surface area contributed by atoms with Crippen LogP contribution in [0.15, 0.2) is 42.7 Å². The first-order valence-electron chi connectivity index (χ1n) is 7.76. The molecule has 0 spiro atoms. The summed E-state index contributed by atoms with van der Waals surface area (Å²) in [6.07, 6.45) is 3.48. The molecule has 0 radical (unpaired) electrons. The van der Waals surface area contributed by atoms with Crippen LogP contribution in [0.1, 0.15) is 0 Å². The Morgan fingerprint density at radius 2 is 2.04 bits per heavy atom. The summed E-state index contributed by atoms with van der Waals surface area (Å²) in [5, 5.41) is 14.4. The van der Waals surface area contributed by atoms with Crippen molar-refractivity contribution in [2.75, 3.05) is 13.7 Å². The predicted molar refractivity (Wildman–Crippen MR) is 91.9 cm³/mol. The van der Waals surface area contributed by atoms with Crippen molar-refractivity contribution < 1.29 is 14.2 Å². The Morgan fingerprint density at radius 1 is 1.16 bits per heavy atom. The number of aliphatic hydroxyl groups excluding tert-OH is 1. The summed E-state index contributed by atoms with van der Waals surface area (Å²) < 4.78 is 20.5. The van der Waals surface area contributed by atoms with Gasteiger partial charge in [-0.2, -0.15) is 5.10 Å². The smallest absolute Gasteiger partial charge is 0.165 e. The first kappa shape index (κ1) is 15.5. The number of halogens is 1. The molecule has 0 aliphatic carbocycles. The van der Waals surface area contributed by atoms with E-state index in [4.69, 9.17) is 9.84 Å². The third kappa shape index (κ3) is 2.78. The van der Waals surface area contributed by atoms with E-state index in [1.165, 1.54) is 13.2 Å². The topological polar surface area (TPSA) is 73.1 Å². The zero-order valence-corrected chi connectivity index (χ0v) is 13.5. The minimum atomic E-state index is -0.444. The Bertz CT molecular complexity index is 1080. The standard InChI is InChI=1S/C18H15FN4O2/c1-25-18-3-2-11(6-13(18)19)17-9-20-15-7-12-10-23(4-5-24)22-14(12)8-16(15)21-17/h2-3,6-10,24H,4-5H2,1H3. The first-order chi connectivity index (χ1) is 12.2. The third-order valence-corrected chi connectivity index (χ3v) is 3.99. The maximum Gasteiger partial charge on any atom is 0.165 e. The summed E-state index contributed by atoms with van der Waals surface area (Å²) in [7, 11) is 1.43. The van der Waals surface area contributed by atoms with E-state index < -0.39 is 5.82 Å². The Labute approximate surface area is 142 Å². The highest BCUT2D eigenvalue weighted by molar-refractivity contribution is 5.93. The molecule has 0 aliphatic rings. The summed E-state index contributed by atoms with van der Waals surface area (Å²) in [4.78, 5) is 9.01. The maximum absolute atomic E-state index is 13.9. The number of nitrogens with zero attached hydrogens (tertiary/aromatic N) is 4. The quantitative estimate of drug-likeness (QED) is 0.619. The lowest BCUT2D eigenvalue weighted by Crippen LogP contribution is -2.01. The average Bonchev–Trinajstić information content (AvgIpc) is 3.00. The van der Waals surface area contributed by atoms with Gasteiger partial charge in [0, 0.05) is 17.1 Å². The Kier molecular flexibility index (Phi) is 3.77. The fourth-order valence-electron chi connectivity index (χ4n) is 2.76.